The van der Waals surface area contributed by atoms with Crippen molar-refractivity contribution in [1.82, 2.24) is 19.7 Å². The standard InChI is InChI=1S/C20H19FN6O2/c21-14-3-1-12(2-4-14)17-6-5-16(22)19(24-17)25-20(28)26-8-13-7-23-27(18(13)9-26)15-10-29-11-15/h1-7,15H,8-11,22H2,(H,24,25,28). The number of urea groups is 1. The first-order valence-corrected chi connectivity index (χ1v) is 9.30. The van der Waals surface area contributed by atoms with Crippen LogP contribution in [0.25, 0.3) is 11.3 Å². The van der Waals surface area contributed by atoms with Crippen molar-refractivity contribution in [3.63, 3.8) is 0 Å². The molecule has 3 N–H and O–H groups in total. The highest BCUT2D eigenvalue weighted by Crippen LogP contribution is 2.29. The van der Waals surface area contributed by atoms with Gasteiger partial charge in [-0.15, -0.1) is 0 Å². The van der Waals surface area contributed by atoms with Gasteiger partial charge in [-0.1, -0.05) is 0 Å². The maximum atomic E-state index is 13.2. The summed E-state index contributed by atoms with van der Waals surface area (Å²) in [7, 11) is 0. The van der Waals surface area contributed by atoms with Crippen molar-refractivity contribution in [3.8, 4) is 11.3 Å². The van der Waals surface area contributed by atoms with E-state index < -0.39 is 0 Å². The van der Waals surface area contributed by atoms with E-state index >= 15 is 0 Å². The van der Waals surface area contributed by atoms with Crippen LogP contribution in [0.1, 0.15) is 17.3 Å². The highest BCUT2D eigenvalue weighted by Gasteiger charge is 2.32. The maximum Gasteiger partial charge on any atom is 0.323 e. The molecule has 5 rings (SSSR count). The van der Waals surface area contributed by atoms with Gasteiger partial charge in [-0.25, -0.2) is 14.2 Å². The Morgan fingerprint density at radius 1 is 1.17 bits per heavy atom. The topological polar surface area (TPSA) is 98.3 Å². The van der Waals surface area contributed by atoms with Gasteiger partial charge in [-0.05, 0) is 36.4 Å². The number of aromatic nitrogens is 3. The first kappa shape index (κ1) is 17.6. The molecule has 1 fully saturated rings. The second-order valence-electron chi connectivity index (χ2n) is 7.18. The number of nitrogens with zero attached hydrogens (tertiary/aromatic N) is 4. The summed E-state index contributed by atoms with van der Waals surface area (Å²) in [6, 6.07) is 9.36. The van der Waals surface area contributed by atoms with Crippen molar-refractivity contribution < 1.29 is 13.9 Å². The molecule has 2 aliphatic rings. The summed E-state index contributed by atoms with van der Waals surface area (Å²) in [5, 5.41) is 7.22. The number of carbonyl (C=O) groups excluding carboxylic acids is 1. The average Bonchev–Trinajstić information content (AvgIpc) is 3.25. The van der Waals surface area contributed by atoms with Crippen LogP contribution < -0.4 is 11.1 Å². The van der Waals surface area contributed by atoms with E-state index in [0.717, 1.165) is 16.8 Å². The number of halogens is 1. The quantitative estimate of drug-likeness (QED) is 0.712. The van der Waals surface area contributed by atoms with Crippen LogP contribution in [0, 0.1) is 5.82 Å². The Kier molecular flexibility index (Phi) is 4.17. The first-order valence-electron chi connectivity index (χ1n) is 9.30. The van der Waals surface area contributed by atoms with E-state index in [0.29, 0.717) is 37.7 Å². The van der Waals surface area contributed by atoms with Crippen LogP contribution in [0.4, 0.5) is 20.7 Å². The number of carbonyl (C=O) groups is 1. The van der Waals surface area contributed by atoms with Gasteiger partial charge in [0, 0.05) is 11.1 Å². The molecule has 0 bridgehead atoms. The van der Waals surface area contributed by atoms with E-state index in [2.05, 4.69) is 15.4 Å². The number of amides is 2. The number of ether oxygens (including phenoxy) is 1. The Balaban J connectivity index is 1.32. The van der Waals surface area contributed by atoms with Gasteiger partial charge in [0.25, 0.3) is 0 Å². The number of hydrogen-bond donors (Lipinski definition) is 2. The molecule has 29 heavy (non-hydrogen) atoms. The second-order valence-corrected chi connectivity index (χ2v) is 7.18. The van der Waals surface area contributed by atoms with Crippen molar-refractivity contribution in [3.05, 3.63) is 59.7 Å². The molecular weight excluding hydrogens is 375 g/mol. The van der Waals surface area contributed by atoms with Gasteiger partial charge >= 0.3 is 6.03 Å². The lowest BCUT2D eigenvalue weighted by atomic mass is 10.1. The van der Waals surface area contributed by atoms with E-state index in [1.165, 1.54) is 12.1 Å². The summed E-state index contributed by atoms with van der Waals surface area (Å²) < 4.78 is 20.4. The highest BCUT2D eigenvalue weighted by molar-refractivity contribution is 5.92. The molecule has 0 aliphatic carbocycles. The third-order valence-corrected chi connectivity index (χ3v) is 5.23. The number of rotatable bonds is 3. The molecule has 1 aromatic carbocycles. The van der Waals surface area contributed by atoms with Crippen LogP contribution in [0.5, 0.6) is 0 Å². The van der Waals surface area contributed by atoms with Crippen molar-refractivity contribution in [2.45, 2.75) is 19.1 Å². The summed E-state index contributed by atoms with van der Waals surface area (Å²) in [5.41, 5.74) is 9.77. The van der Waals surface area contributed by atoms with Crippen LogP contribution in [0.3, 0.4) is 0 Å². The maximum absolute atomic E-state index is 13.2. The molecule has 0 spiro atoms. The number of nitrogens with two attached hydrogens (primary N) is 1. The molecular formula is C20H19FN6O2. The predicted molar refractivity (Wildman–Crippen MR) is 104 cm³/mol. The Morgan fingerprint density at radius 2 is 1.97 bits per heavy atom. The number of pyridine rings is 1. The SMILES string of the molecule is Nc1ccc(-c2ccc(F)cc2)nc1NC(=O)N1Cc2cnn(C3COC3)c2C1. The summed E-state index contributed by atoms with van der Waals surface area (Å²) in [6.45, 7) is 2.25. The first-order chi connectivity index (χ1) is 14.1. The summed E-state index contributed by atoms with van der Waals surface area (Å²) >= 11 is 0. The fourth-order valence-electron chi connectivity index (χ4n) is 3.53. The number of fused-ring (bicyclic) bond motifs is 1. The van der Waals surface area contributed by atoms with Gasteiger partial charge < -0.3 is 15.4 Å². The zero-order valence-corrected chi connectivity index (χ0v) is 15.5. The lowest BCUT2D eigenvalue weighted by molar-refractivity contribution is -0.0300. The van der Waals surface area contributed by atoms with Crippen molar-refractivity contribution in [2.24, 2.45) is 0 Å². The largest absolute Gasteiger partial charge is 0.396 e. The normalized spacial score (nSPS) is 15.8. The highest BCUT2D eigenvalue weighted by atomic mass is 19.1. The van der Waals surface area contributed by atoms with Gasteiger partial charge in [-0.3, -0.25) is 10.00 Å². The molecule has 2 amide bonds. The fourth-order valence-corrected chi connectivity index (χ4v) is 3.53. The summed E-state index contributed by atoms with van der Waals surface area (Å²) in [4.78, 5) is 18.9. The Morgan fingerprint density at radius 3 is 2.69 bits per heavy atom. The molecule has 4 heterocycles. The average molecular weight is 394 g/mol. The molecule has 0 unspecified atom stereocenters. The minimum absolute atomic E-state index is 0.242. The minimum Gasteiger partial charge on any atom is -0.396 e. The lowest BCUT2D eigenvalue weighted by Crippen LogP contribution is -2.34. The number of benzene rings is 1. The number of anilines is 2. The molecule has 148 valence electrons. The molecule has 2 aromatic heterocycles. The van der Waals surface area contributed by atoms with Crippen molar-refractivity contribution >= 4 is 17.5 Å². The monoisotopic (exact) mass is 394 g/mol. The second kappa shape index (κ2) is 6.85. The number of nitrogen functional groups attached to an aromatic ring is 1. The Hall–Kier alpha value is -3.46. The zero-order valence-electron chi connectivity index (χ0n) is 15.5. The third kappa shape index (κ3) is 3.19. The smallest absolute Gasteiger partial charge is 0.323 e. The van der Waals surface area contributed by atoms with Crippen LogP contribution >= 0.6 is 0 Å². The molecule has 0 atom stereocenters. The van der Waals surface area contributed by atoms with Crippen LogP contribution in [0.2, 0.25) is 0 Å². The molecule has 0 saturated carbocycles. The minimum atomic E-state index is -0.321. The van der Waals surface area contributed by atoms with E-state index in [1.54, 1.807) is 29.2 Å². The predicted octanol–water partition coefficient (Wildman–Crippen LogP) is 2.79. The Bertz CT molecular complexity index is 1080. The van der Waals surface area contributed by atoms with Gasteiger partial charge in [0.05, 0.1) is 55.6 Å². The van der Waals surface area contributed by atoms with Crippen molar-refractivity contribution in [2.75, 3.05) is 24.3 Å². The number of hydrogen-bond acceptors (Lipinski definition) is 5. The Labute approximate surface area is 166 Å². The molecule has 1 saturated heterocycles. The van der Waals surface area contributed by atoms with E-state index in [1.807, 2.05) is 10.9 Å². The van der Waals surface area contributed by atoms with E-state index in [9.17, 15) is 9.18 Å². The molecule has 3 aromatic rings. The lowest BCUT2D eigenvalue weighted by Gasteiger charge is -2.28. The zero-order chi connectivity index (χ0) is 20.0. The number of nitrogens with one attached hydrogen (secondary N) is 1. The summed E-state index contributed by atoms with van der Waals surface area (Å²) in [5.74, 6) is -0.0415. The van der Waals surface area contributed by atoms with Gasteiger partial charge in [-0.2, -0.15) is 5.10 Å². The summed E-state index contributed by atoms with van der Waals surface area (Å²) in [6.07, 6.45) is 1.81. The van der Waals surface area contributed by atoms with Crippen LogP contribution in [-0.2, 0) is 17.8 Å². The molecule has 0 radical (unpaired) electrons. The van der Waals surface area contributed by atoms with Crippen molar-refractivity contribution in [1.29, 1.82) is 0 Å². The van der Waals surface area contributed by atoms with Crippen LogP contribution in [0.15, 0.2) is 42.6 Å². The van der Waals surface area contributed by atoms with Crippen LogP contribution in [-0.4, -0.2) is 38.9 Å². The molecule has 8 nitrogen and oxygen atoms in total. The molecule has 2 aliphatic heterocycles. The molecule has 9 heteroatoms. The van der Waals surface area contributed by atoms with Gasteiger partial charge in [0.1, 0.15) is 5.82 Å². The third-order valence-electron chi connectivity index (χ3n) is 5.23. The van der Waals surface area contributed by atoms with Gasteiger partial charge in [0.2, 0.25) is 0 Å². The fraction of sp³-hybridized carbons (Fsp3) is 0.250. The van der Waals surface area contributed by atoms with E-state index in [4.69, 9.17) is 10.5 Å². The van der Waals surface area contributed by atoms with E-state index in [-0.39, 0.29) is 23.7 Å². The van der Waals surface area contributed by atoms with Gasteiger partial charge in [0.15, 0.2) is 5.82 Å².